The molecule has 98 valence electrons. The van der Waals surface area contributed by atoms with E-state index < -0.39 is 0 Å². The van der Waals surface area contributed by atoms with Gasteiger partial charge in [-0.1, -0.05) is 11.6 Å². The fourth-order valence-electron chi connectivity index (χ4n) is 5.29. The zero-order valence-corrected chi connectivity index (χ0v) is 12.0. The van der Waals surface area contributed by atoms with Gasteiger partial charge in [-0.2, -0.15) is 0 Å². The molecule has 0 aliphatic heterocycles. The highest BCUT2D eigenvalue weighted by molar-refractivity contribution is 7.16. The van der Waals surface area contributed by atoms with Crippen molar-refractivity contribution >= 4 is 22.9 Å². The van der Waals surface area contributed by atoms with E-state index in [1.807, 2.05) is 12.1 Å². The molecule has 1 atom stereocenters. The summed E-state index contributed by atoms with van der Waals surface area (Å²) in [6, 6.07) is 3.95. The maximum atomic E-state index is 10.9. The molecule has 3 heteroatoms. The summed E-state index contributed by atoms with van der Waals surface area (Å²) < 4.78 is 0.800. The summed E-state index contributed by atoms with van der Waals surface area (Å²) in [5, 5.41) is 10.9. The third-order valence-electron chi connectivity index (χ3n) is 5.53. The molecular formula is C15H19ClOS. The third-order valence-corrected chi connectivity index (χ3v) is 6.81. The average molecular weight is 283 g/mol. The van der Waals surface area contributed by atoms with Crippen LogP contribution in [0.1, 0.15) is 49.5 Å². The molecule has 4 fully saturated rings. The van der Waals surface area contributed by atoms with Gasteiger partial charge in [-0.15, -0.1) is 11.3 Å². The van der Waals surface area contributed by atoms with Gasteiger partial charge < -0.3 is 5.11 Å². The number of aliphatic hydroxyl groups is 1. The molecule has 4 bridgehead atoms. The second kappa shape index (κ2) is 3.97. The molecule has 0 radical (unpaired) electrons. The number of hydrogen-bond donors (Lipinski definition) is 1. The first-order valence-electron chi connectivity index (χ1n) is 7.08. The zero-order chi connectivity index (χ0) is 12.3. The van der Waals surface area contributed by atoms with Crippen molar-refractivity contribution in [1.82, 2.24) is 0 Å². The predicted octanol–water partition coefficient (Wildman–Crippen LogP) is 4.65. The number of thiophene rings is 1. The maximum Gasteiger partial charge on any atom is 0.0938 e. The summed E-state index contributed by atoms with van der Waals surface area (Å²) >= 11 is 7.58. The highest BCUT2D eigenvalue weighted by atomic mass is 35.5. The van der Waals surface area contributed by atoms with Gasteiger partial charge in [0.1, 0.15) is 0 Å². The molecule has 1 aromatic rings. The number of aliphatic hydroxyl groups excluding tert-OH is 1. The molecular weight excluding hydrogens is 264 g/mol. The van der Waals surface area contributed by atoms with E-state index in [1.165, 1.54) is 38.5 Å². The molecule has 0 saturated heterocycles. The lowest BCUT2D eigenvalue weighted by Gasteiger charge is -2.58. The van der Waals surface area contributed by atoms with E-state index >= 15 is 0 Å². The van der Waals surface area contributed by atoms with Crippen LogP contribution in [0.25, 0.3) is 0 Å². The van der Waals surface area contributed by atoms with E-state index in [2.05, 4.69) is 0 Å². The Labute approximate surface area is 117 Å². The van der Waals surface area contributed by atoms with Crippen LogP contribution < -0.4 is 0 Å². The minimum absolute atomic E-state index is 0.183. The van der Waals surface area contributed by atoms with Gasteiger partial charge >= 0.3 is 0 Å². The Morgan fingerprint density at radius 1 is 1.11 bits per heavy atom. The molecule has 1 N–H and O–H groups in total. The number of rotatable bonds is 2. The van der Waals surface area contributed by atoms with Crippen molar-refractivity contribution in [3.05, 3.63) is 21.3 Å². The Bertz CT molecular complexity index is 432. The van der Waals surface area contributed by atoms with Crippen molar-refractivity contribution < 1.29 is 5.11 Å². The van der Waals surface area contributed by atoms with Crippen LogP contribution in [0, 0.1) is 23.2 Å². The molecule has 0 amide bonds. The number of hydrogen-bond acceptors (Lipinski definition) is 2. The second-order valence-corrected chi connectivity index (χ2v) is 8.57. The summed E-state index contributed by atoms with van der Waals surface area (Å²) in [6.45, 7) is 0. The van der Waals surface area contributed by atoms with Crippen molar-refractivity contribution in [3.63, 3.8) is 0 Å². The Balaban J connectivity index is 1.67. The predicted molar refractivity (Wildman–Crippen MR) is 74.9 cm³/mol. The maximum absolute atomic E-state index is 10.9. The van der Waals surface area contributed by atoms with Crippen LogP contribution in [-0.4, -0.2) is 5.11 Å². The zero-order valence-electron chi connectivity index (χ0n) is 10.4. The summed E-state index contributed by atoms with van der Waals surface area (Å²) in [5.74, 6) is 2.67. The lowest BCUT2D eigenvalue weighted by molar-refractivity contribution is -0.121. The second-order valence-electron chi connectivity index (χ2n) is 6.82. The first-order chi connectivity index (χ1) is 8.64. The molecule has 18 heavy (non-hydrogen) atoms. The van der Waals surface area contributed by atoms with E-state index in [0.29, 0.717) is 0 Å². The molecule has 4 aliphatic carbocycles. The van der Waals surface area contributed by atoms with Gasteiger partial charge in [0.2, 0.25) is 0 Å². The molecule has 1 aromatic heterocycles. The highest BCUT2D eigenvalue weighted by Gasteiger charge is 2.54. The van der Waals surface area contributed by atoms with Crippen molar-refractivity contribution in [2.24, 2.45) is 23.2 Å². The Kier molecular flexibility index (Phi) is 2.59. The minimum atomic E-state index is -0.275. The topological polar surface area (TPSA) is 20.2 Å². The van der Waals surface area contributed by atoms with Gasteiger partial charge in [0.25, 0.3) is 0 Å². The number of halogens is 1. The summed E-state index contributed by atoms with van der Waals surface area (Å²) in [7, 11) is 0. The quantitative estimate of drug-likeness (QED) is 0.837. The Morgan fingerprint density at radius 2 is 1.67 bits per heavy atom. The SMILES string of the molecule is OC(c1ccc(Cl)s1)C12CC3CC(CC(C3)C1)C2. The van der Waals surface area contributed by atoms with Gasteiger partial charge in [0.15, 0.2) is 0 Å². The Hall–Kier alpha value is -0.0500. The van der Waals surface area contributed by atoms with Crippen LogP contribution in [0.2, 0.25) is 4.34 Å². The Morgan fingerprint density at radius 3 is 2.11 bits per heavy atom. The summed E-state index contributed by atoms with van der Waals surface area (Å²) in [4.78, 5) is 1.09. The van der Waals surface area contributed by atoms with E-state index in [4.69, 9.17) is 11.6 Å². The summed E-state index contributed by atoms with van der Waals surface area (Å²) in [5.41, 5.74) is 0.183. The van der Waals surface area contributed by atoms with Crippen LogP contribution >= 0.6 is 22.9 Å². The smallest absolute Gasteiger partial charge is 0.0938 e. The standard InChI is InChI=1S/C15H19ClOS/c16-13-2-1-12(18-13)14(17)15-6-9-3-10(7-15)5-11(4-9)8-15/h1-2,9-11,14,17H,3-8H2. The van der Waals surface area contributed by atoms with Gasteiger partial charge in [0.05, 0.1) is 10.4 Å². The molecule has 4 saturated carbocycles. The lowest BCUT2D eigenvalue weighted by atomic mass is 9.48. The van der Waals surface area contributed by atoms with Crippen LogP contribution in [0.15, 0.2) is 12.1 Å². The van der Waals surface area contributed by atoms with Crippen LogP contribution in [-0.2, 0) is 0 Å². The van der Waals surface area contributed by atoms with E-state index in [-0.39, 0.29) is 11.5 Å². The molecule has 5 rings (SSSR count). The van der Waals surface area contributed by atoms with E-state index in [1.54, 1.807) is 11.3 Å². The van der Waals surface area contributed by atoms with Crippen molar-refractivity contribution in [3.8, 4) is 0 Å². The van der Waals surface area contributed by atoms with Gasteiger partial charge in [-0.25, -0.2) is 0 Å². The molecule has 1 unspecified atom stereocenters. The van der Waals surface area contributed by atoms with E-state index in [0.717, 1.165) is 27.0 Å². The van der Waals surface area contributed by atoms with Crippen molar-refractivity contribution in [2.75, 3.05) is 0 Å². The largest absolute Gasteiger partial charge is 0.387 e. The fourth-order valence-corrected chi connectivity index (χ4v) is 6.48. The molecule has 1 nitrogen and oxygen atoms in total. The normalized spacial score (nSPS) is 43.3. The van der Waals surface area contributed by atoms with Crippen molar-refractivity contribution in [1.29, 1.82) is 0 Å². The lowest BCUT2D eigenvalue weighted by Crippen LogP contribution is -2.48. The first-order valence-corrected chi connectivity index (χ1v) is 8.27. The molecule has 4 aliphatic rings. The molecule has 1 heterocycles. The van der Waals surface area contributed by atoms with Crippen LogP contribution in [0.4, 0.5) is 0 Å². The van der Waals surface area contributed by atoms with Gasteiger partial charge in [0, 0.05) is 10.3 Å². The molecule has 0 spiro atoms. The first kappa shape index (κ1) is 11.7. The summed E-state index contributed by atoms with van der Waals surface area (Å²) in [6.07, 6.45) is 7.75. The fraction of sp³-hybridized carbons (Fsp3) is 0.733. The molecule has 0 aromatic carbocycles. The monoisotopic (exact) mass is 282 g/mol. The van der Waals surface area contributed by atoms with Gasteiger partial charge in [-0.05, 0) is 68.4 Å². The van der Waals surface area contributed by atoms with E-state index in [9.17, 15) is 5.11 Å². The average Bonchev–Trinajstić information content (AvgIpc) is 2.73. The van der Waals surface area contributed by atoms with Crippen molar-refractivity contribution in [2.45, 2.75) is 44.6 Å². The highest BCUT2D eigenvalue weighted by Crippen LogP contribution is 2.64. The minimum Gasteiger partial charge on any atom is -0.387 e. The third kappa shape index (κ3) is 1.69. The van der Waals surface area contributed by atoms with Crippen LogP contribution in [0.3, 0.4) is 0 Å². The van der Waals surface area contributed by atoms with Gasteiger partial charge in [-0.3, -0.25) is 0 Å². The van der Waals surface area contributed by atoms with Crippen LogP contribution in [0.5, 0.6) is 0 Å².